The second kappa shape index (κ2) is 62.4. The van der Waals surface area contributed by atoms with Crippen molar-refractivity contribution in [2.75, 3.05) is 6.26 Å². The van der Waals surface area contributed by atoms with Crippen molar-refractivity contribution in [3.63, 3.8) is 0 Å². The van der Waals surface area contributed by atoms with Gasteiger partial charge < -0.3 is 9.11 Å². The number of hydrogen-bond acceptors (Lipinski definition) is 26. The number of benzene rings is 9. The van der Waals surface area contributed by atoms with Gasteiger partial charge in [0.25, 0.3) is 0 Å². The molecule has 0 aliphatic heterocycles. The zero-order valence-electron chi connectivity index (χ0n) is 76.5. The maximum absolute atomic E-state index is 10.6. The van der Waals surface area contributed by atoms with E-state index >= 15 is 0 Å². The van der Waals surface area contributed by atoms with E-state index in [1.807, 2.05) is 36.6 Å². The van der Waals surface area contributed by atoms with Crippen LogP contribution in [0.3, 0.4) is 0 Å². The van der Waals surface area contributed by atoms with Crippen molar-refractivity contribution >= 4 is 172 Å². The van der Waals surface area contributed by atoms with E-state index in [-0.39, 0.29) is 108 Å². The Balaban J connectivity index is 0.000000242. The van der Waals surface area contributed by atoms with Gasteiger partial charge in [-0.05, 0) is 181 Å². The average Bonchev–Trinajstić information content (AvgIpc) is 1.84. The summed E-state index contributed by atoms with van der Waals surface area (Å²) in [5.74, 6) is 9.50. The van der Waals surface area contributed by atoms with Crippen molar-refractivity contribution in [1.29, 1.82) is 0 Å². The Kier molecular flexibility index (Phi) is 55.3. The van der Waals surface area contributed by atoms with Crippen LogP contribution in [0.2, 0.25) is 0 Å². The molecule has 0 N–H and O–H groups in total. The molecule has 0 radical (unpaired) electrons. The Morgan fingerprint density at radius 2 is 0.488 bits per heavy atom. The summed E-state index contributed by atoms with van der Waals surface area (Å²) in [4.78, 5) is -0.162. The molecule has 674 valence electrons. The molecule has 0 bridgehead atoms. The molecule has 0 aliphatic carbocycles. The van der Waals surface area contributed by atoms with Crippen LogP contribution in [0.15, 0.2) is 277 Å². The fourth-order valence-electron chi connectivity index (χ4n) is 11.7. The number of rotatable bonds is 39. The van der Waals surface area contributed by atoms with Crippen molar-refractivity contribution in [3.05, 3.63) is 327 Å². The van der Waals surface area contributed by atoms with Crippen molar-refractivity contribution in [3.8, 4) is 0 Å². The van der Waals surface area contributed by atoms with Crippen LogP contribution in [-0.4, -0.2) is 73.0 Å². The van der Waals surface area contributed by atoms with Crippen molar-refractivity contribution in [2.45, 2.75) is 243 Å². The first-order chi connectivity index (χ1) is 61.2. The van der Waals surface area contributed by atoms with Gasteiger partial charge in [0.15, 0.2) is 34.7 Å². The van der Waals surface area contributed by atoms with Crippen LogP contribution in [-0.2, 0) is 66.3 Å². The van der Waals surface area contributed by atoms with Gasteiger partial charge in [-0.15, -0.1) is 40.8 Å². The number of hydrogen-bond donors (Lipinski definition) is 0. The minimum Gasteiger partial charge on any atom is -0.748 e. The second-order valence-electron chi connectivity index (χ2n) is 30.2. The van der Waals surface area contributed by atoms with Gasteiger partial charge in [0.05, 0.1) is 20.8 Å². The summed E-state index contributed by atoms with van der Waals surface area (Å²) >= 11 is 20.7. The first-order valence-electron chi connectivity index (χ1n) is 42.4. The van der Waals surface area contributed by atoms with Gasteiger partial charge in [-0.1, -0.05) is 460 Å². The standard InChI is InChI=1S/2C22H24N2S3.C20H22N2S3.C14H18N2S3.C11H16O3S.C10H14O3S.2K/c2*1-4-16(3)20-12-10-19(11-13-20)15-26-22-24-23-21(27-22)25-14-18-8-6-17(5-2)7-9-18;1-3-15(2)18-11-9-17(10-12-18)14-24-20-22-21-19(25-20)23-13-16-7-5-4-6-8-16;1-4-10(2)12-7-5-11(6-8-12)9-18-14-16-15-13(17-3)19-14;1-3-9(2)11-6-4-10(5-7-11)8-15(12,13)14;1-3-8(2)9-4-6-10(7-5-9)14(11,12)13;;/h2*5-13,16H,2,4,14-15H2,1,3H3;4-12,15H,3,13-14H2,1-2H3;5-8,10H,4,9H2,1-3H3;4-7,9H,3,8H2,1-2H3,(H,12,13,14);4-8H,3H2,1-2H3,(H,11,12,13);;/q;;;;;;2*+1/p-2. The molecule has 30 heteroatoms. The van der Waals surface area contributed by atoms with Crippen LogP contribution < -0.4 is 103 Å². The Bertz CT molecular complexity index is 5420. The van der Waals surface area contributed by atoms with Gasteiger partial charge >= 0.3 is 103 Å². The third-order valence-electron chi connectivity index (χ3n) is 21.0. The van der Waals surface area contributed by atoms with Crippen LogP contribution in [0, 0.1) is 0 Å². The number of nitrogens with zero attached hydrogens (tertiary/aromatic N) is 8. The summed E-state index contributed by atoms with van der Waals surface area (Å²) < 4.78 is 71.7. The molecule has 0 spiro atoms. The van der Waals surface area contributed by atoms with E-state index in [2.05, 4.69) is 307 Å². The maximum atomic E-state index is 10.6. The predicted molar refractivity (Wildman–Crippen MR) is 550 cm³/mol. The smallest absolute Gasteiger partial charge is 0.748 e. The molecule has 13 rings (SSSR count). The largest absolute Gasteiger partial charge is 1.00 e. The summed E-state index contributed by atoms with van der Waals surface area (Å²) in [5, 5.41) is 34.2. The summed E-state index contributed by atoms with van der Waals surface area (Å²) in [6.45, 7) is 33.9. The minimum absolute atomic E-state index is 0. The number of aromatic nitrogens is 8. The van der Waals surface area contributed by atoms with E-state index in [4.69, 9.17) is 0 Å². The van der Waals surface area contributed by atoms with E-state index in [9.17, 15) is 25.9 Å². The van der Waals surface area contributed by atoms with E-state index in [1.54, 1.807) is 164 Å². The molecule has 0 saturated heterocycles. The topological polar surface area (TPSA) is 218 Å². The van der Waals surface area contributed by atoms with Gasteiger partial charge in [0, 0.05) is 40.3 Å². The molecule has 0 aliphatic rings. The molecule has 4 aromatic heterocycles. The molecule has 0 saturated carbocycles. The zero-order chi connectivity index (χ0) is 91.5. The summed E-state index contributed by atoms with van der Waals surface area (Å²) in [6.07, 6.45) is 12.5. The van der Waals surface area contributed by atoms with Crippen LogP contribution in [0.1, 0.15) is 246 Å². The Morgan fingerprint density at radius 1 is 0.295 bits per heavy atom. The average molecular weight is 2040 g/mol. The Morgan fingerprint density at radius 3 is 0.682 bits per heavy atom. The summed E-state index contributed by atoms with van der Waals surface area (Å²) in [6, 6.07) is 76.6. The molecular formula is C99H116K2N8O6S14. The third kappa shape index (κ3) is 43.0. The molecule has 13 aromatic rings. The van der Waals surface area contributed by atoms with Gasteiger partial charge in [0.1, 0.15) is 10.1 Å². The van der Waals surface area contributed by atoms with E-state index in [1.165, 1.54) is 105 Å². The molecule has 4 heterocycles. The van der Waals surface area contributed by atoms with E-state index < -0.39 is 26.0 Å². The fourth-order valence-corrected chi connectivity index (χ4v) is 23.9. The van der Waals surface area contributed by atoms with Crippen molar-refractivity contribution in [2.24, 2.45) is 0 Å². The molecule has 9 aromatic carbocycles. The second-order valence-corrected chi connectivity index (χ2v) is 46.5. The number of thioether (sulfide) groups is 8. The van der Waals surface area contributed by atoms with Gasteiger partial charge in [-0.3, -0.25) is 0 Å². The first-order valence-corrected chi connectivity index (χ1v) is 56.7. The quantitative estimate of drug-likeness (QED) is 0.0199. The molecule has 0 fully saturated rings. The normalized spacial score (nSPS) is 12.4. The van der Waals surface area contributed by atoms with Gasteiger partial charge in [-0.25, -0.2) is 16.8 Å². The fraction of sp³-hybridized carbons (Fsp3) is 0.333. The van der Waals surface area contributed by atoms with Crippen LogP contribution in [0.5, 0.6) is 0 Å². The zero-order valence-corrected chi connectivity index (χ0v) is 94.2. The van der Waals surface area contributed by atoms with Crippen molar-refractivity contribution in [1.82, 2.24) is 40.8 Å². The minimum atomic E-state index is -4.30. The Labute approximate surface area is 904 Å². The molecular weight excluding hydrogens is 1920 g/mol. The summed E-state index contributed by atoms with van der Waals surface area (Å²) in [5.41, 5.74) is 20.0. The predicted octanol–water partition coefficient (Wildman–Crippen LogP) is 24.6. The maximum Gasteiger partial charge on any atom is 1.00 e. The first kappa shape index (κ1) is 114. The van der Waals surface area contributed by atoms with Gasteiger partial charge in [0.2, 0.25) is 0 Å². The molecule has 14 nitrogen and oxygen atoms in total. The molecule has 6 unspecified atom stereocenters. The van der Waals surface area contributed by atoms with Crippen LogP contribution in [0.25, 0.3) is 12.2 Å². The van der Waals surface area contributed by atoms with Crippen molar-refractivity contribution < 1.29 is 129 Å². The molecule has 0 amide bonds. The summed E-state index contributed by atoms with van der Waals surface area (Å²) in [7, 11) is -8.47. The van der Waals surface area contributed by atoms with E-state index in [0.29, 0.717) is 41.1 Å². The van der Waals surface area contributed by atoms with Gasteiger partial charge in [-0.2, -0.15) is 0 Å². The SMILES string of the molecule is C=Cc1ccc(CSc2nnc(SCc3ccc(C(C)CC)cc3)s2)cc1.C=Cc1ccc(CSc2nnc(SCc3ccc(C(C)CC)cc3)s2)cc1.CCC(C)c1ccc(CS(=O)(=O)[O-])cc1.CCC(C)c1ccc(CSc2nnc(SC)s2)cc1.CCC(C)c1ccc(CSc2nnc(SCc3ccccc3)s2)cc1.CCC(C)c1ccc(S(=O)(=O)[O-])cc1.[K+].[K+]. The molecule has 6 atom stereocenters. The monoisotopic (exact) mass is 2040 g/mol. The Hall–Kier alpha value is -3.41. The van der Waals surface area contributed by atoms with Crippen LogP contribution >= 0.6 is 139 Å². The van der Waals surface area contributed by atoms with E-state index in [0.717, 1.165) is 105 Å². The third-order valence-corrected chi connectivity index (χ3v) is 35.7. The van der Waals surface area contributed by atoms with Crippen LogP contribution in [0.4, 0.5) is 0 Å². The molecule has 129 heavy (non-hydrogen) atoms.